The van der Waals surface area contributed by atoms with E-state index < -0.39 is 0 Å². The van der Waals surface area contributed by atoms with Gasteiger partial charge in [-0.1, -0.05) is 29.8 Å². The molecule has 8 heteroatoms. The molecule has 1 aliphatic heterocycles. The van der Waals surface area contributed by atoms with E-state index in [1.807, 2.05) is 24.3 Å². The van der Waals surface area contributed by atoms with Gasteiger partial charge in [0.25, 0.3) is 5.91 Å². The summed E-state index contributed by atoms with van der Waals surface area (Å²) in [6.45, 7) is 2.28. The average Bonchev–Trinajstić information content (AvgIpc) is 3.43. The van der Waals surface area contributed by atoms with Crippen molar-refractivity contribution in [1.82, 2.24) is 5.43 Å². The Labute approximate surface area is 209 Å². The van der Waals surface area contributed by atoms with Gasteiger partial charge in [-0.2, -0.15) is 10.4 Å². The van der Waals surface area contributed by atoms with Gasteiger partial charge in [0.1, 0.15) is 6.61 Å². The zero-order valence-corrected chi connectivity index (χ0v) is 20.1. The summed E-state index contributed by atoms with van der Waals surface area (Å²) in [5, 5.41) is 13.6. The molecule has 0 atom stereocenters. The van der Waals surface area contributed by atoms with Crippen LogP contribution in [-0.4, -0.2) is 32.3 Å². The fraction of sp³-hybridized carbons (Fsp3) is 0.222. The summed E-state index contributed by atoms with van der Waals surface area (Å²) in [6.07, 6.45) is 3.89. The molecule has 0 unspecified atom stereocenters. The van der Waals surface area contributed by atoms with Gasteiger partial charge in [-0.3, -0.25) is 4.79 Å². The molecule has 1 N–H and O–H groups in total. The molecule has 0 aromatic heterocycles. The molecule has 0 spiro atoms. The first kappa shape index (κ1) is 24.1. The van der Waals surface area contributed by atoms with Crippen LogP contribution in [-0.2, 0) is 6.61 Å². The quantitative estimate of drug-likeness (QED) is 0.349. The summed E-state index contributed by atoms with van der Waals surface area (Å²) >= 11 is 6.44. The number of ether oxygens (including phenoxy) is 2. The normalized spacial score (nSPS) is 13.0. The third kappa shape index (κ3) is 5.92. The number of hydrazone groups is 1. The Hall–Kier alpha value is -4.02. The molecule has 1 fully saturated rings. The van der Waals surface area contributed by atoms with Crippen molar-refractivity contribution in [2.24, 2.45) is 5.10 Å². The van der Waals surface area contributed by atoms with E-state index in [1.54, 1.807) is 36.4 Å². The number of amides is 1. The van der Waals surface area contributed by atoms with Crippen LogP contribution in [0.5, 0.6) is 11.5 Å². The Morgan fingerprint density at radius 3 is 2.63 bits per heavy atom. The lowest BCUT2D eigenvalue weighted by Gasteiger charge is -2.17. The largest absolute Gasteiger partial charge is 0.493 e. The molecule has 1 aliphatic rings. The SMILES string of the molecule is COc1cc(/C=N\NC(=O)c2ccc(N3CCCC3)cc2)cc(Cl)c1OCc1ccccc1C#N. The number of methoxy groups -OCH3 is 1. The molecular formula is C27H25ClN4O3. The van der Waals surface area contributed by atoms with Crippen molar-refractivity contribution in [3.05, 3.63) is 87.9 Å². The second-order valence-corrected chi connectivity index (χ2v) is 8.44. The van der Waals surface area contributed by atoms with Crippen LogP contribution in [0.4, 0.5) is 5.69 Å². The molecule has 3 aromatic rings. The highest BCUT2D eigenvalue weighted by atomic mass is 35.5. The molecular weight excluding hydrogens is 464 g/mol. The number of benzene rings is 3. The maximum absolute atomic E-state index is 12.5. The number of anilines is 1. The van der Waals surface area contributed by atoms with Crippen LogP contribution >= 0.6 is 11.6 Å². The zero-order chi connectivity index (χ0) is 24.6. The van der Waals surface area contributed by atoms with Crippen molar-refractivity contribution in [2.75, 3.05) is 25.1 Å². The molecule has 1 saturated heterocycles. The fourth-order valence-electron chi connectivity index (χ4n) is 3.89. The first-order valence-electron chi connectivity index (χ1n) is 11.3. The highest BCUT2D eigenvalue weighted by molar-refractivity contribution is 6.32. The smallest absolute Gasteiger partial charge is 0.271 e. The molecule has 0 aliphatic carbocycles. The van der Waals surface area contributed by atoms with Crippen molar-refractivity contribution in [3.8, 4) is 17.6 Å². The van der Waals surface area contributed by atoms with E-state index in [1.165, 1.54) is 26.2 Å². The minimum absolute atomic E-state index is 0.167. The minimum Gasteiger partial charge on any atom is -0.493 e. The Kier molecular flexibility index (Phi) is 7.86. The summed E-state index contributed by atoms with van der Waals surface area (Å²) in [5.74, 6) is 0.474. The van der Waals surface area contributed by atoms with Gasteiger partial charge in [0.05, 0.1) is 30.0 Å². The van der Waals surface area contributed by atoms with Crippen molar-refractivity contribution in [3.63, 3.8) is 0 Å². The number of nitrogens with one attached hydrogen (secondary N) is 1. The van der Waals surface area contributed by atoms with Crippen molar-refractivity contribution in [1.29, 1.82) is 5.26 Å². The molecule has 1 amide bonds. The van der Waals surface area contributed by atoms with Gasteiger partial charge in [0.2, 0.25) is 0 Å². The molecule has 1 heterocycles. The van der Waals surface area contributed by atoms with E-state index in [-0.39, 0.29) is 12.5 Å². The minimum atomic E-state index is -0.302. The van der Waals surface area contributed by atoms with Gasteiger partial charge in [-0.25, -0.2) is 5.43 Å². The number of halogens is 1. The second-order valence-electron chi connectivity index (χ2n) is 8.03. The molecule has 3 aromatic carbocycles. The van der Waals surface area contributed by atoms with Crippen molar-refractivity contribution < 1.29 is 14.3 Å². The highest BCUT2D eigenvalue weighted by Crippen LogP contribution is 2.36. The van der Waals surface area contributed by atoms with Crippen LogP contribution in [0.25, 0.3) is 0 Å². The van der Waals surface area contributed by atoms with E-state index in [9.17, 15) is 10.1 Å². The first-order chi connectivity index (χ1) is 17.1. The standard InChI is InChI=1S/C27H25ClN4O3/c1-34-25-15-19(14-24(28)26(25)35-18-22-7-3-2-6-21(22)16-29)17-30-31-27(33)20-8-10-23(11-9-20)32-12-4-5-13-32/h2-3,6-11,14-15,17H,4-5,12-13,18H2,1H3,(H,31,33)/b30-17-. The molecule has 35 heavy (non-hydrogen) atoms. The van der Waals surface area contributed by atoms with E-state index in [0.29, 0.717) is 33.2 Å². The van der Waals surface area contributed by atoms with Gasteiger partial charge in [0.15, 0.2) is 11.5 Å². The molecule has 178 valence electrons. The van der Waals surface area contributed by atoms with Crippen LogP contribution < -0.4 is 19.8 Å². The third-order valence-electron chi connectivity index (χ3n) is 5.74. The summed E-state index contributed by atoms with van der Waals surface area (Å²) in [7, 11) is 1.51. The molecule has 0 bridgehead atoms. The van der Waals surface area contributed by atoms with Gasteiger partial charge >= 0.3 is 0 Å². The number of rotatable bonds is 8. The van der Waals surface area contributed by atoms with Gasteiger partial charge in [0, 0.05) is 29.9 Å². The number of nitrogens with zero attached hydrogens (tertiary/aromatic N) is 3. The van der Waals surface area contributed by atoms with Gasteiger partial charge < -0.3 is 14.4 Å². The van der Waals surface area contributed by atoms with Crippen LogP contribution in [0.2, 0.25) is 5.02 Å². The summed E-state index contributed by atoms with van der Waals surface area (Å²) < 4.78 is 11.3. The second kappa shape index (κ2) is 11.4. The number of carbonyl (C=O) groups is 1. The van der Waals surface area contributed by atoms with Crippen molar-refractivity contribution >= 4 is 29.4 Å². The predicted octanol–water partition coefficient (Wildman–Crippen LogP) is 5.16. The van der Waals surface area contributed by atoms with E-state index in [2.05, 4.69) is 21.5 Å². The van der Waals surface area contributed by atoms with E-state index in [0.717, 1.165) is 24.3 Å². The van der Waals surface area contributed by atoms with Crippen LogP contribution in [0, 0.1) is 11.3 Å². The maximum atomic E-state index is 12.5. The lowest BCUT2D eigenvalue weighted by molar-refractivity contribution is 0.0955. The lowest BCUT2D eigenvalue weighted by Crippen LogP contribution is -2.19. The third-order valence-corrected chi connectivity index (χ3v) is 6.02. The first-order valence-corrected chi connectivity index (χ1v) is 11.6. The van der Waals surface area contributed by atoms with Gasteiger partial charge in [-0.05, 0) is 60.9 Å². The summed E-state index contributed by atoms with van der Waals surface area (Å²) in [6, 6.07) is 20.2. The number of nitriles is 1. The highest BCUT2D eigenvalue weighted by Gasteiger charge is 2.14. The average molecular weight is 489 g/mol. The number of hydrogen-bond acceptors (Lipinski definition) is 6. The predicted molar refractivity (Wildman–Crippen MR) is 136 cm³/mol. The molecule has 0 radical (unpaired) electrons. The molecule has 4 rings (SSSR count). The molecule has 0 saturated carbocycles. The maximum Gasteiger partial charge on any atom is 0.271 e. The Bertz CT molecular complexity index is 1260. The fourth-order valence-corrected chi connectivity index (χ4v) is 4.16. The Balaban J connectivity index is 1.40. The van der Waals surface area contributed by atoms with Gasteiger partial charge in [-0.15, -0.1) is 0 Å². The number of carbonyl (C=O) groups excluding carboxylic acids is 1. The number of hydrogen-bond donors (Lipinski definition) is 1. The Morgan fingerprint density at radius 2 is 1.91 bits per heavy atom. The van der Waals surface area contributed by atoms with E-state index >= 15 is 0 Å². The van der Waals surface area contributed by atoms with Crippen molar-refractivity contribution in [2.45, 2.75) is 19.4 Å². The van der Waals surface area contributed by atoms with Crippen LogP contribution in [0.1, 0.15) is 39.9 Å². The van der Waals surface area contributed by atoms with Crippen LogP contribution in [0.3, 0.4) is 0 Å². The van der Waals surface area contributed by atoms with E-state index in [4.69, 9.17) is 21.1 Å². The topological polar surface area (TPSA) is 86.9 Å². The van der Waals surface area contributed by atoms with Crippen LogP contribution in [0.15, 0.2) is 65.8 Å². The summed E-state index contributed by atoms with van der Waals surface area (Å²) in [5.41, 5.74) is 6.10. The monoisotopic (exact) mass is 488 g/mol. The lowest BCUT2D eigenvalue weighted by atomic mass is 10.1. The summed E-state index contributed by atoms with van der Waals surface area (Å²) in [4.78, 5) is 14.8. The Morgan fingerprint density at radius 1 is 1.17 bits per heavy atom. The zero-order valence-electron chi connectivity index (χ0n) is 19.3. The molecule has 7 nitrogen and oxygen atoms in total.